The zero-order valence-corrected chi connectivity index (χ0v) is 13.9. The standard InChI is InChI=1S/C18H13BrO4/c1-11(20)12-2-5-16(6-3-12)23-18(21)14-8-13-9-15(19)4-7-17(13)22-10-14/h2-9H,10H2,1H3. The van der Waals surface area contributed by atoms with Crippen LogP contribution in [0.15, 0.2) is 52.5 Å². The molecule has 3 rings (SSSR count). The summed E-state index contributed by atoms with van der Waals surface area (Å²) in [6.45, 7) is 1.65. The summed E-state index contributed by atoms with van der Waals surface area (Å²) in [6, 6.07) is 12.1. The van der Waals surface area contributed by atoms with E-state index in [0.29, 0.717) is 16.9 Å². The zero-order chi connectivity index (χ0) is 16.4. The average Bonchev–Trinajstić information content (AvgIpc) is 2.54. The number of hydrogen-bond acceptors (Lipinski definition) is 4. The van der Waals surface area contributed by atoms with Crippen molar-refractivity contribution >= 4 is 33.8 Å². The van der Waals surface area contributed by atoms with Gasteiger partial charge in [-0.2, -0.15) is 0 Å². The van der Waals surface area contributed by atoms with Crippen LogP contribution in [0.4, 0.5) is 0 Å². The molecule has 0 aromatic heterocycles. The lowest BCUT2D eigenvalue weighted by atomic mass is 10.1. The van der Waals surface area contributed by atoms with E-state index in [1.807, 2.05) is 18.2 Å². The van der Waals surface area contributed by atoms with Gasteiger partial charge in [0.2, 0.25) is 0 Å². The van der Waals surface area contributed by atoms with Crippen molar-refractivity contribution in [2.75, 3.05) is 6.61 Å². The number of Topliss-reactive ketones (excluding diaryl/α,β-unsaturated/α-hetero) is 1. The number of halogens is 1. The van der Waals surface area contributed by atoms with E-state index in [1.165, 1.54) is 6.92 Å². The van der Waals surface area contributed by atoms with Crippen molar-refractivity contribution < 1.29 is 19.1 Å². The van der Waals surface area contributed by atoms with Crippen LogP contribution >= 0.6 is 15.9 Å². The molecule has 0 radical (unpaired) electrons. The number of carbonyl (C=O) groups excluding carboxylic acids is 2. The highest BCUT2D eigenvalue weighted by atomic mass is 79.9. The third-order valence-electron chi connectivity index (χ3n) is 3.42. The fourth-order valence-electron chi connectivity index (χ4n) is 2.20. The van der Waals surface area contributed by atoms with Gasteiger partial charge in [0, 0.05) is 15.6 Å². The van der Waals surface area contributed by atoms with Gasteiger partial charge in [0.15, 0.2) is 5.78 Å². The second kappa shape index (κ2) is 6.38. The van der Waals surface area contributed by atoms with Crippen molar-refractivity contribution in [1.82, 2.24) is 0 Å². The third-order valence-corrected chi connectivity index (χ3v) is 3.91. The minimum Gasteiger partial charge on any atom is -0.488 e. The molecule has 0 unspecified atom stereocenters. The van der Waals surface area contributed by atoms with Gasteiger partial charge in [0.1, 0.15) is 18.1 Å². The van der Waals surface area contributed by atoms with Crippen molar-refractivity contribution in [3.05, 3.63) is 63.6 Å². The summed E-state index contributed by atoms with van der Waals surface area (Å²) >= 11 is 3.39. The maximum atomic E-state index is 12.2. The van der Waals surface area contributed by atoms with Crippen LogP contribution in [0.25, 0.3) is 6.08 Å². The predicted octanol–water partition coefficient (Wildman–Crippen LogP) is 4.03. The Morgan fingerprint density at radius 1 is 1.13 bits per heavy atom. The molecule has 0 saturated carbocycles. The average molecular weight is 373 g/mol. The van der Waals surface area contributed by atoms with Gasteiger partial charge in [-0.25, -0.2) is 4.79 Å². The van der Waals surface area contributed by atoms with Crippen LogP contribution < -0.4 is 9.47 Å². The molecule has 23 heavy (non-hydrogen) atoms. The van der Waals surface area contributed by atoms with Gasteiger partial charge in [-0.3, -0.25) is 4.79 Å². The highest BCUT2D eigenvalue weighted by Crippen LogP contribution is 2.29. The number of carbonyl (C=O) groups is 2. The van der Waals surface area contributed by atoms with Crippen LogP contribution in [0.2, 0.25) is 0 Å². The van der Waals surface area contributed by atoms with E-state index in [9.17, 15) is 9.59 Å². The van der Waals surface area contributed by atoms with Crippen LogP contribution in [0.5, 0.6) is 11.5 Å². The summed E-state index contributed by atoms with van der Waals surface area (Å²) in [7, 11) is 0. The number of esters is 1. The predicted molar refractivity (Wildman–Crippen MR) is 89.7 cm³/mol. The van der Waals surface area contributed by atoms with Gasteiger partial charge >= 0.3 is 5.97 Å². The minimum atomic E-state index is -0.466. The lowest BCUT2D eigenvalue weighted by Crippen LogP contribution is -2.19. The molecule has 4 nitrogen and oxygen atoms in total. The second-order valence-corrected chi connectivity index (χ2v) is 6.03. The molecule has 2 aromatic rings. The van der Waals surface area contributed by atoms with Crippen LogP contribution in [-0.4, -0.2) is 18.4 Å². The normalized spacial score (nSPS) is 12.7. The van der Waals surface area contributed by atoms with Crippen LogP contribution in [0.3, 0.4) is 0 Å². The molecule has 0 spiro atoms. The first-order valence-electron chi connectivity index (χ1n) is 6.99. The van der Waals surface area contributed by atoms with Crippen molar-refractivity contribution in [2.24, 2.45) is 0 Å². The van der Waals surface area contributed by atoms with E-state index in [1.54, 1.807) is 30.3 Å². The fourth-order valence-corrected chi connectivity index (χ4v) is 2.58. The maximum Gasteiger partial charge on any atom is 0.342 e. The molecule has 0 bridgehead atoms. The monoisotopic (exact) mass is 372 g/mol. The van der Waals surface area contributed by atoms with Crippen molar-refractivity contribution in [3.8, 4) is 11.5 Å². The molecule has 0 N–H and O–H groups in total. The highest BCUT2D eigenvalue weighted by Gasteiger charge is 2.19. The molecule has 1 aliphatic heterocycles. The zero-order valence-electron chi connectivity index (χ0n) is 12.3. The first kappa shape index (κ1) is 15.5. The van der Waals surface area contributed by atoms with E-state index >= 15 is 0 Å². The fraction of sp³-hybridized carbons (Fsp3) is 0.111. The summed E-state index contributed by atoms with van der Waals surface area (Å²) in [6.07, 6.45) is 1.76. The summed E-state index contributed by atoms with van der Waals surface area (Å²) in [5, 5.41) is 0. The molecule has 1 heterocycles. The Labute approximate surface area is 141 Å². The second-order valence-electron chi connectivity index (χ2n) is 5.11. The Bertz CT molecular complexity index is 806. The number of ether oxygens (including phenoxy) is 2. The Morgan fingerprint density at radius 2 is 1.87 bits per heavy atom. The van der Waals surface area contributed by atoms with Crippen LogP contribution in [-0.2, 0) is 4.79 Å². The lowest BCUT2D eigenvalue weighted by Gasteiger charge is -2.17. The van der Waals surface area contributed by atoms with Crippen molar-refractivity contribution in [2.45, 2.75) is 6.92 Å². The molecule has 2 aromatic carbocycles. The molecule has 0 fully saturated rings. The maximum absolute atomic E-state index is 12.2. The number of hydrogen-bond donors (Lipinski definition) is 0. The molecule has 0 amide bonds. The Kier molecular flexibility index (Phi) is 4.30. The molecule has 5 heteroatoms. The first-order chi connectivity index (χ1) is 11.0. The Morgan fingerprint density at radius 3 is 2.57 bits per heavy atom. The van der Waals surface area contributed by atoms with Gasteiger partial charge in [0.25, 0.3) is 0 Å². The van der Waals surface area contributed by atoms with Gasteiger partial charge in [0.05, 0.1) is 5.57 Å². The third kappa shape index (κ3) is 3.51. The Balaban J connectivity index is 1.77. The molecule has 0 saturated heterocycles. The summed E-state index contributed by atoms with van der Waals surface area (Å²) < 4.78 is 11.8. The van der Waals surface area contributed by atoms with Crippen LogP contribution in [0.1, 0.15) is 22.8 Å². The lowest BCUT2D eigenvalue weighted by molar-refractivity contribution is -0.130. The summed E-state index contributed by atoms with van der Waals surface area (Å²) in [5.41, 5.74) is 1.83. The van der Waals surface area contributed by atoms with Crippen molar-refractivity contribution in [3.63, 3.8) is 0 Å². The Hall–Kier alpha value is -2.40. The van der Waals surface area contributed by atoms with Crippen LogP contribution in [0, 0.1) is 0 Å². The topological polar surface area (TPSA) is 52.6 Å². The summed E-state index contributed by atoms with van der Waals surface area (Å²) in [5.74, 6) is 0.621. The van der Waals surface area contributed by atoms with Crippen molar-refractivity contribution in [1.29, 1.82) is 0 Å². The molecule has 0 aliphatic carbocycles. The summed E-state index contributed by atoms with van der Waals surface area (Å²) in [4.78, 5) is 23.5. The number of fused-ring (bicyclic) bond motifs is 1. The number of ketones is 1. The SMILES string of the molecule is CC(=O)c1ccc(OC(=O)C2=Cc3cc(Br)ccc3OC2)cc1. The van der Waals surface area contributed by atoms with Gasteiger partial charge in [-0.1, -0.05) is 15.9 Å². The quantitative estimate of drug-likeness (QED) is 0.463. The molecular formula is C18H13BrO4. The smallest absolute Gasteiger partial charge is 0.342 e. The number of rotatable bonds is 3. The number of benzene rings is 2. The van der Waals surface area contributed by atoms with Gasteiger partial charge in [-0.15, -0.1) is 0 Å². The largest absolute Gasteiger partial charge is 0.488 e. The van der Waals surface area contributed by atoms with E-state index in [0.717, 1.165) is 15.8 Å². The highest BCUT2D eigenvalue weighted by molar-refractivity contribution is 9.10. The van der Waals surface area contributed by atoms with E-state index in [-0.39, 0.29) is 12.4 Å². The van der Waals surface area contributed by atoms with Gasteiger partial charge in [-0.05, 0) is 55.5 Å². The minimum absolute atomic E-state index is 0.0338. The van der Waals surface area contributed by atoms with Gasteiger partial charge < -0.3 is 9.47 Å². The van der Waals surface area contributed by atoms with E-state index in [4.69, 9.17) is 9.47 Å². The molecule has 116 valence electrons. The van der Waals surface area contributed by atoms with E-state index < -0.39 is 5.97 Å². The molecule has 0 atom stereocenters. The first-order valence-corrected chi connectivity index (χ1v) is 7.78. The molecular weight excluding hydrogens is 360 g/mol. The van der Waals surface area contributed by atoms with E-state index in [2.05, 4.69) is 15.9 Å². The molecule has 1 aliphatic rings.